The summed E-state index contributed by atoms with van der Waals surface area (Å²) in [5.41, 5.74) is 1.38. The number of fused-ring (bicyclic) bond motifs is 1. The molecular weight excluding hydrogens is 417 g/mol. The van der Waals surface area contributed by atoms with Crippen LogP contribution in [0.4, 0.5) is 5.13 Å². The van der Waals surface area contributed by atoms with Crippen LogP contribution in [0.25, 0.3) is 0 Å². The van der Waals surface area contributed by atoms with Gasteiger partial charge in [0, 0.05) is 9.90 Å². The van der Waals surface area contributed by atoms with Crippen molar-refractivity contribution in [1.29, 1.82) is 0 Å². The van der Waals surface area contributed by atoms with Gasteiger partial charge in [-0.2, -0.15) is 0 Å². The van der Waals surface area contributed by atoms with Gasteiger partial charge in [-0.05, 0) is 56.2 Å². The number of amides is 2. The molecule has 1 aliphatic carbocycles. The minimum absolute atomic E-state index is 0.223. The number of benzene rings is 1. The first-order chi connectivity index (χ1) is 13.3. The van der Waals surface area contributed by atoms with Gasteiger partial charge in [0.25, 0.3) is 5.91 Å². The van der Waals surface area contributed by atoms with Crippen molar-refractivity contribution < 1.29 is 9.59 Å². The highest BCUT2D eigenvalue weighted by atomic mass is 35.5. The van der Waals surface area contributed by atoms with Crippen molar-refractivity contribution in [3.8, 4) is 0 Å². The van der Waals surface area contributed by atoms with Gasteiger partial charge in [0.05, 0.1) is 16.3 Å². The lowest BCUT2D eigenvalue weighted by Crippen LogP contribution is -2.44. The van der Waals surface area contributed by atoms with E-state index in [1.807, 2.05) is 13.8 Å². The summed E-state index contributed by atoms with van der Waals surface area (Å²) in [6.45, 7) is 4.01. The fraction of sp³-hybridized carbons (Fsp3) is 0.450. The summed E-state index contributed by atoms with van der Waals surface area (Å²) in [7, 11) is 0. The van der Waals surface area contributed by atoms with Crippen molar-refractivity contribution in [3.05, 3.63) is 44.4 Å². The predicted molar refractivity (Wildman–Crippen MR) is 115 cm³/mol. The Morgan fingerprint density at radius 1 is 1.21 bits per heavy atom. The molecule has 1 aliphatic rings. The molecule has 150 valence electrons. The number of nitrogens with zero attached hydrogens (tertiary/aromatic N) is 1. The van der Waals surface area contributed by atoms with Gasteiger partial charge >= 0.3 is 0 Å². The first kappa shape index (κ1) is 21.1. The maximum atomic E-state index is 12.9. The van der Waals surface area contributed by atoms with Crippen LogP contribution in [0.5, 0.6) is 0 Å². The van der Waals surface area contributed by atoms with Crippen molar-refractivity contribution in [2.45, 2.75) is 52.0 Å². The highest BCUT2D eigenvalue weighted by Gasteiger charge is 2.25. The lowest BCUT2D eigenvalue weighted by Gasteiger charge is -2.20. The molecule has 2 amide bonds. The molecular formula is C20H23Cl2N3O2S. The fourth-order valence-electron chi connectivity index (χ4n) is 3.21. The Bertz CT molecular complexity index is 859. The molecule has 8 heteroatoms. The third kappa shape index (κ3) is 5.25. The maximum Gasteiger partial charge on any atom is 0.253 e. The first-order valence-corrected chi connectivity index (χ1v) is 11.0. The third-order valence-electron chi connectivity index (χ3n) is 4.58. The van der Waals surface area contributed by atoms with Crippen LogP contribution in [-0.4, -0.2) is 22.8 Å². The van der Waals surface area contributed by atoms with Crippen LogP contribution in [0.3, 0.4) is 0 Å². The normalized spacial score (nSPS) is 14.5. The Kier molecular flexibility index (Phi) is 6.96. The molecule has 5 nitrogen and oxygen atoms in total. The zero-order valence-electron chi connectivity index (χ0n) is 15.9. The molecule has 1 heterocycles. The van der Waals surface area contributed by atoms with Crippen LogP contribution in [0.1, 0.15) is 54.0 Å². The molecule has 0 bridgehead atoms. The van der Waals surface area contributed by atoms with E-state index in [0.29, 0.717) is 16.6 Å². The molecule has 2 aromatic rings. The quantitative estimate of drug-likeness (QED) is 0.656. The van der Waals surface area contributed by atoms with E-state index in [-0.39, 0.29) is 22.4 Å². The lowest BCUT2D eigenvalue weighted by atomic mass is 10.0. The molecule has 0 saturated heterocycles. The highest BCUT2D eigenvalue weighted by Crippen LogP contribution is 2.29. The van der Waals surface area contributed by atoms with Crippen LogP contribution < -0.4 is 10.6 Å². The van der Waals surface area contributed by atoms with Gasteiger partial charge in [-0.1, -0.05) is 37.0 Å². The van der Waals surface area contributed by atoms with E-state index < -0.39 is 11.9 Å². The van der Waals surface area contributed by atoms with Crippen LogP contribution >= 0.6 is 34.5 Å². The minimum Gasteiger partial charge on any atom is -0.340 e. The number of halogens is 2. The largest absolute Gasteiger partial charge is 0.340 e. The van der Waals surface area contributed by atoms with Gasteiger partial charge in [-0.3, -0.25) is 9.59 Å². The van der Waals surface area contributed by atoms with Crippen molar-refractivity contribution in [1.82, 2.24) is 10.3 Å². The van der Waals surface area contributed by atoms with E-state index in [1.54, 1.807) is 12.1 Å². The highest BCUT2D eigenvalue weighted by molar-refractivity contribution is 7.15. The van der Waals surface area contributed by atoms with Gasteiger partial charge in [0.15, 0.2) is 5.13 Å². The van der Waals surface area contributed by atoms with E-state index in [2.05, 4.69) is 15.6 Å². The summed E-state index contributed by atoms with van der Waals surface area (Å²) >= 11 is 13.5. The minimum atomic E-state index is -0.680. The average molecular weight is 440 g/mol. The molecule has 0 aliphatic heterocycles. The second-order valence-electron chi connectivity index (χ2n) is 7.37. The van der Waals surface area contributed by atoms with Crippen LogP contribution in [0.2, 0.25) is 10.0 Å². The van der Waals surface area contributed by atoms with Crippen molar-refractivity contribution in [3.63, 3.8) is 0 Å². The number of anilines is 1. The number of aromatic nitrogens is 1. The number of carbonyl (C=O) groups is 2. The lowest BCUT2D eigenvalue weighted by molar-refractivity contribution is -0.118. The number of nitrogens with one attached hydrogen (secondary N) is 2. The summed E-state index contributed by atoms with van der Waals surface area (Å²) in [5, 5.41) is 6.99. The second kappa shape index (κ2) is 9.25. The van der Waals surface area contributed by atoms with Crippen LogP contribution in [0.15, 0.2) is 18.2 Å². The summed E-state index contributed by atoms with van der Waals surface area (Å²) in [6.07, 6.45) is 4.79. The van der Waals surface area contributed by atoms with Gasteiger partial charge in [-0.15, -0.1) is 11.3 Å². The number of thiazole rings is 1. The van der Waals surface area contributed by atoms with E-state index in [1.165, 1.54) is 22.3 Å². The fourth-order valence-corrected chi connectivity index (χ4v) is 4.76. The summed E-state index contributed by atoms with van der Waals surface area (Å²) in [5.74, 6) is -0.444. The molecule has 2 N–H and O–H groups in total. The Morgan fingerprint density at radius 2 is 1.96 bits per heavy atom. The Labute approximate surface area is 178 Å². The molecule has 1 aromatic heterocycles. The Balaban J connectivity index is 1.72. The Morgan fingerprint density at radius 3 is 2.64 bits per heavy atom. The molecule has 28 heavy (non-hydrogen) atoms. The van der Waals surface area contributed by atoms with Gasteiger partial charge in [-0.25, -0.2) is 4.98 Å². The zero-order valence-corrected chi connectivity index (χ0v) is 18.2. The zero-order chi connectivity index (χ0) is 20.3. The molecule has 3 rings (SSSR count). The molecule has 0 saturated carbocycles. The number of hydrogen-bond acceptors (Lipinski definition) is 4. The van der Waals surface area contributed by atoms with E-state index in [4.69, 9.17) is 23.2 Å². The standard InChI is InChI=1S/C20H23Cl2N3O2S/c1-11(2)9-16(23-18(26)13-8-7-12(21)10-14(13)22)19(27)25-20-24-15-5-3-4-6-17(15)28-20/h7-8,10-11,16H,3-6,9H2,1-2H3,(H,23,26)(H,24,25,27). The summed E-state index contributed by atoms with van der Waals surface area (Å²) in [4.78, 5) is 31.3. The van der Waals surface area contributed by atoms with E-state index in [0.717, 1.165) is 31.4 Å². The molecule has 0 spiro atoms. The number of rotatable bonds is 6. The summed E-state index contributed by atoms with van der Waals surface area (Å²) < 4.78 is 0. The SMILES string of the molecule is CC(C)CC(NC(=O)c1ccc(Cl)cc1Cl)C(=O)Nc1nc2c(s1)CCCC2. The summed E-state index contributed by atoms with van der Waals surface area (Å²) in [6, 6.07) is 3.98. The average Bonchev–Trinajstić information content (AvgIpc) is 3.02. The molecule has 1 aromatic carbocycles. The topological polar surface area (TPSA) is 71.1 Å². The number of hydrogen-bond donors (Lipinski definition) is 2. The van der Waals surface area contributed by atoms with Gasteiger partial charge in [0.2, 0.25) is 5.91 Å². The predicted octanol–water partition coefficient (Wildman–Crippen LogP) is 5.11. The maximum absolute atomic E-state index is 12.9. The van der Waals surface area contributed by atoms with Gasteiger partial charge in [0.1, 0.15) is 6.04 Å². The first-order valence-electron chi connectivity index (χ1n) is 9.39. The smallest absolute Gasteiger partial charge is 0.253 e. The molecule has 0 radical (unpaired) electrons. The van der Waals surface area contributed by atoms with E-state index in [9.17, 15) is 9.59 Å². The van der Waals surface area contributed by atoms with Crippen LogP contribution in [-0.2, 0) is 17.6 Å². The number of carbonyl (C=O) groups excluding carboxylic acids is 2. The van der Waals surface area contributed by atoms with E-state index >= 15 is 0 Å². The van der Waals surface area contributed by atoms with Crippen LogP contribution in [0, 0.1) is 5.92 Å². The molecule has 1 unspecified atom stereocenters. The number of aryl methyl sites for hydroxylation is 2. The van der Waals surface area contributed by atoms with Crippen molar-refractivity contribution in [2.24, 2.45) is 5.92 Å². The second-order valence-corrected chi connectivity index (χ2v) is 9.29. The van der Waals surface area contributed by atoms with Crippen molar-refractivity contribution >= 4 is 51.5 Å². The molecule has 1 atom stereocenters. The van der Waals surface area contributed by atoms with Gasteiger partial charge < -0.3 is 10.6 Å². The monoisotopic (exact) mass is 439 g/mol. The van der Waals surface area contributed by atoms with Crippen molar-refractivity contribution in [2.75, 3.05) is 5.32 Å². The Hall–Kier alpha value is -1.63. The third-order valence-corrected chi connectivity index (χ3v) is 6.20. The molecule has 0 fully saturated rings.